The minimum Gasteiger partial charge on any atom is -0.462 e. The molecule has 0 spiro atoms. The number of esters is 1. The van der Waals surface area contributed by atoms with Crippen molar-refractivity contribution in [1.82, 2.24) is 10.2 Å². The highest BCUT2D eigenvalue weighted by molar-refractivity contribution is 5.83. The smallest absolute Gasteiger partial charge is 0.332 e. The average Bonchev–Trinajstić information content (AvgIpc) is 2.61. The monoisotopic (exact) mass is 212 g/mol. The largest absolute Gasteiger partial charge is 0.462 e. The first kappa shape index (κ1) is 11.6. The topological polar surface area (TPSA) is 58.6 Å². The number of nitrogens with zero attached hydrogens (tertiary/aromatic N) is 1. The van der Waals surface area contributed by atoms with E-state index in [0.717, 1.165) is 12.8 Å². The minimum absolute atomic E-state index is 0.174. The number of ether oxygens (including phenoxy) is 1. The Morgan fingerprint density at radius 2 is 2.47 bits per heavy atom. The van der Waals surface area contributed by atoms with Crippen molar-refractivity contribution in [3.8, 4) is 0 Å². The molecule has 1 aliphatic heterocycles. The zero-order valence-corrected chi connectivity index (χ0v) is 8.86. The molecule has 1 rings (SSSR count). The van der Waals surface area contributed by atoms with Crippen LogP contribution < -0.4 is 5.32 Å². The van der Waals surface area contributed by atoms with E-state index >= 15 is 0 Å². The summed E-state index contributed by atoms with van der Waals surface area (Å²) in [6.45, 7) is 3.68. The lowest BCUT2D eigenvalue weighted by atomic mass is 10.4. The Labute approximate surface area is 89.1 Å². The molecule has 0 atom stereocenters. The second kappa shape index (κ2) is 6.06. The van der Waals surface area contributed by atoms with Gasteiger partial charge in [-0.15, -0.1) is 0 Å². The summed E-state index contributed by atoms with van der Waals surface area (Å²) < 4.78 is 4.89. The Balaban J connectivity index is 2.24. The van der Waals surface area contributed by atoms with Gasteiger partial charge in [-0.1, -0.05) is 13.3 Å². The van der Waals surface area contributed by atoms with Crippen molar-refractivity contribution in [2.75, 3.05) is 19.7 Å². The molecule has 1 fully saturated rings. The van der Waals surface area contributed by atoms with E-state index in [9.17, 15) is 9.59 Å². The first-order valence-electron chi connectivity index (χ1n) is 5.13. The summed E-state index contributed by atoms with van der Waals surface area (Å²) >= 11 is 0. The van der Waals surface area contributed by atoms with Gasteiger partial charge >= 0.3 is 12.0 Å². The predicted octanol–water partition coefficient (Wildman–Crippen LogP) is 0.869. The molecule has 0 radical (unpaired) electrons. The highest BCUT2D eigenvalue weighted by Crippen LogP contribution is 1.98. The summed E-state index contributed by atoms with van der Waals surface area (Å²) in [5.41, 5.74) is 0. The van der Waals surface area contributed by atoms with E-state index < -0.39 is 5.97 Å². The van der Waals surface area contributed by atoms with E-state index in [1.807, 2.05) is 6.92 Å². The van der Waals surface area contributed by atoms with Gasteiger partial charge in [0.15, 0.2) is 0 Å². The molecular formula is C10H16N2O3. The van der Waals surface area contributed by atoms with Crippen LogP contribution in [0.1, 0.15) is 19.8 Å². The van der Waals surface area contributed by atoms with Crippen LogP contribution in [0.25, 0.3) is 0 Å². The van der Waals surface area contributed by atoms with Gasteiger partial charge in [-0.05, 0) is 6.42 Å². The lowest BCUT2D eigenvalue weighted by Crippen LogP contribution is -2.23. The van der Waals surface area contributed by atoms with Crippen LogP contribution in [0.5, 0.6) is 0 Å². The molecule has 0 aromatic rings. The summed E-state index contributed by atoms with van der Waals surface area (Å²) in [5, 5.41) is 2.63. The van der Waals surface area contributed by atoms with E-state index in [2.05, 4.69) is 5.32 Å². The third kappa shape index (κ3) is 4.01. The van der Waals surface area contributed by atoms with Gasteiger partial charge in [0.25, 0.3) is 0 Å². The number of hydrogen-bond donors (Lipinski definition) is 1. The molecule has 0 unspecified atom stereocenters. The summed E-state index contributed by atoms with van der Waals surface area (Å²) in [7, 11) is 0. The van der Waals surface area contributed by atoms with Gasteiger partial charge in [0.1, 0.15) is 0 Å². The van der Waals surface area contributed by atoms with Crippen molar-refractivity contribution in [2.45, 2.75) is 19.8 Å². The van der Waals surface area contributed by atoms with Crippen LogP contribution in [-0.2, 0) is 9.53 Å². The maximum Gasteiger partial charge on any atom is 0.332 e. The molecule has 1 saturated heterocycles. The maximum atomic E-state index is 11.1. The van der Waals surface area contributed by atoms with E-state index in [-0.39, 0.29) is 6.03 Å². The Morgan fingerprint density at radius 1 is 1.67 bits per heavy atom. The number of amides is 2. The molecule has 2 amide bonds. The van der Waals surface area contributed by atoms with Crippen LogP contribution in [0.3, 0.4) is 0 Å². The van der Waals surface area contributed by atoms with Crippen molar-refractivity contribution >= 4 is 12.0 Å². The molecule has 0 aromatic carbocycles. The van der Waals surface area contributed by atoms with Gasteiger partial charge in [-0.2, -0.15) is 0 Å². The number of unbranched alkanes of at least 4 members (excludes halogenated alkanes) is 1. The van der Waals surface area contributed by atoms with E-state index in [0.29, 0.717) is 19.7 Å². The molecule has 0 aliphatic carbocycles. The van der Waals surface area contributed by atoms with Crippen molar-refractivity contribution in [3.05, 3.63) is 12.3 Å². The third-order valence-electron chi connectivity index (χ3n) is 2.02. The zero-order valence-electron chi connectivity index (χ0n) is 8.86. The van der Waals surface area contributed by atoms with E-state index in [1.165, 1.54) is 17.2 Å². The molecule has 5 nitrogen and oxygen atoms in total. The van der Waals surface area contributed by atoms with Crippen LogP contribution in [0, 0.1) is 0 Å². The summed E-state index contributed by atoms with van der Waals surface area (Å²) in [6.07, 6.45) is 4.59. The zero-order chi connectivity index (χ0) is 11.1. The van der Waals surface area contributed by atoms with Gasteiger partial charge in [0.05, 0.1) is 6.61 Å². The van der Waals surface area contributed by atoms with Crippen molar-refractivity contribution < 1.29 is 14.3 Å². The molecule has 15 heavy (non-hydrogen) atoms. The molecule has 1 heterocycles. The quantitative estimate of drug-likeness (QED) is 0.418. The summed E-state index contributed by atoms with van der Waals surface area (Å²) in [5.74, 6) is -0.400. The van der Waals surface area contributed by atoms with Crippen LogP contribution in [-0.4, -0.2) is 36.6 Å². The number of nitrogens with one attached hydrogen (secondary N) is 1. The van der Waals surface area contributed by atoms with Gasteiger partial charge in [-0.3, -0.25) is 4.90 Å². The number of hydrogen-bond acceptors (Lipinski definition) is 3. The molecule has 1 aliphatic rings. The standard InChI is InChI=1S/C10H16N2O3/c1-2-3-8-15-9(13)4-6-12-7-5-11-10(12)14/h4,6H,2-3,5,7-8H2,1H3,(H,11,14)/b6-4+. The van der Waals surface area contributed by atoms with E-state index in [4.69, 9.17) is 4.74 Å². The van der Waals surface area contributed by atoms with Gasteiger partial charge in [-0.25, -0.2) is 9.59 Å². The fraction of sp³-hybridized carbons (Fsp3) is 0.600. The first-order valence-corrected chi connectivity index (χ1v) is 5.13. The second-order valence-electron chi connectivity index (χ2n) is 3.26. The summed E-state index contributed by atoms with van der Waals surface area (Å²) in [4.78, 5) is 23.6. The van der Waals surface area contributed by atoms with Crippen molar-refractivity contribution in [1.29, 1.82) is 0 Å². The van der Waals surface area contributed by atoms with Crippen LogP contribution in [0.4, 0.5) is 4.79 Å². The van der Waals surface area contributed by atoms with Crippen LogP contribution in [0.15, 0.2) is 12.3 Å². The fourth-order valence-electron chi connectivity index (χ4n) is 1.14. The normalized spacial score (nSPS) is 15.8. The Kier molecular flexibility index (Phi) is 4.66. The second-order valence-corrected chi connectivity index (χ2v) is 3.26. The number of rotatable bonds is 5. The number of carbonyl (C=O) groups is 2. The Bertz CT molecular complexity index is 263. The molecule has 0 bridgehead atoms. The highest BCUT2D eigenvalue weighted by atomic mass is 16.5. The van der Waals surface area contributed by atoms with Crippen LogP contribution >= 0.6 is 0 Å². The fourth-order valence-corrected chi connectivity index (χ4v) is 1.14. The first-order chi connectivity index (χ1) is 7.24. The molecule has 5 heteroatoms. The predicted molar refractivity (Wildman–Crippen MR) is 55.1 cm³/mol. The third-order valence-corrected chi connectivity index (χ3v) is 2.02. The highest BCUT2D eigenvalue weighted by Gasteiger charge is 2.16. The van der Waals surface area contributed by atoms with Crippen LogP contribution in [0.2, 0.25) is 0 Å². The van der Waals surface area contributed by atoms with Gasteiger partial charge in [0.2, 0.25) is 0 Å². The van der Waals surface area contributed by atoms with Gasteiger partial charge in [0, 0.05) is 25.4 Å². The molecule has 84 valence electrons. The molecular weight excluding hydrogens is 196 g/mol. The van der Waals surface area contributed by atoms with Crippen molar-refractivity contribution in [2.24, 2.45) is 0 Å². The number of carbonyl (C=O) groups excluding carboxylic acids is 2. The average molecular weight is 212 g/mol. The van der Waals surface area contributed by atoms with E-state index in [1.54, 1.807) is 0 Å². The van der Waals surface area contributed by atoms with Gasteiger partial charge < -0.3 is 10.1 Å². The molecule has 0 aromatic heterocycles. The maximum absolute atomic E-state index is 11.1. The lowest BCUT2D eigenvalue weighted by Gasteiger charge is -2.06. The Hall–Kier alpha value is -1.52. The molecule has 0 saturated carbocycles. The lowest BCUT2D eigenvalue weighted by molar-refractivity contribution is -0.137. The summed E-state index contributed by atoms with van der Waals surface area (Å²) in [6, 6.07) is -0.174. The molecule has 1 N–H and O–H groups in total. The SMILES string of the molecule is CCCCOC(=O)/C=C/N1CCNC1=O. The van der Waals surface area contributed by atoms with Crippen molar-refractivity contribution in [3.63, 3.8) is 0 Å². The Morgan fingerprint density at radius 3 is 3.07 bits per heavy atom. The minimum atomic E-state index is -0.400. The number of urea groups is 1.